The first-order valence-electron chi connectivity index (χ1n) is 13.8. The highest BCUT2D eigenvalue weighted by atomic mass is 16.2. The highest BCUT2D eigenvalue weighted by Gasteiger charge is 2.27. The number of nitriles is 2. The summed E-state index contributed by atoms with van der Waals surface area (Å²) in [6.45, 7) is 9.96. The molecule has 5 rings (SSSR count). The van der Waals surface area contributed by atoms with E-state index in [4.69, 9.17) is 0 Å². The van der Waals surface area contributed by atoms with Crippen LogP contribution in [0.2, 0.25) is 0 Å². The van der Waals surface area contributed by atoms with Crippen molar-refractivity contribution in [3.8, 4) is 12.1 Å². The second-order valence-electron chi connectivity index (χ2n) is 10.8. The predicted octanol–water partition coefficient (Wildman–Crippen LogP) is 5.39. The molecular formula is C33H35N5O. The first kappa shape index (κ1) is 26.5. The molecule has 0 aliphatic carbocycles. The lowest BCUT2D eigenvalue weighted by Crippen LogP contribution is -2.46. The minimum atomic E-state index is 0.110. The van der Waals surface area contributed by atoms with Crippen LogP contribution in [0.1, 0.15) is 62.5 Å². The minimum absolute atomic E-state index is 0.110. The molecule has 0 radical (unpaired) electrons. The van der Waals surface area contributed by atoms with Crippen LogP contribution in [0, 0.1) is 36.5 Å². The molecule has 39 heavy (non-hydrogen) atoms. The molecule has 2 fully saturated rings. The van der Waals surface area contributed by atoms with E-state index >= 15 is 0 Å². The van der Waals surface area contributed by atoms with E-state index < -0.39 is 0 Å². The summed E-state index contributed by atoms with van der Waals surface area (Å²) in [6, 6.07) is 24.5. The molecule has 6 nitrogen and oxygen atoms in total. The fourth-order valence-electron chi connectivity index (χ4n) is 6.05. The number of carbonyl (C=O) groups excluding carboxylic acids is 1. The first-order chi connectivity index (χ1) is 19.0. The zero-order valence-electron chi connectivity index (χ0n) is 22.9. The van der Waals surface area contributed by atoms with E-state index in [0.29, 0.717) is 19.0 Å². The summed E-state index contributed by atoms with van der Waals surface area (Å²) in [4.78, 5) is 20.4. The van der Waals surface area contributed by atoms with Gasteiger partial charge >= 0.3 is 0 Å². The number of nitrogens with zero attached hydrogens (tertiary/aromatic N) is 5. The fraction of sp³-hybridized carbons (Fsp3) is 0.364. The maximum Gasteiger partial charge on any atom is 0.254 e. The number of hydrogen-bond donors (Lipinski definition) is 0. The molecule has 3 aromatic rings. The third-order valence-electron chi connectivity index (χ3n) is 8.35. The van der Waals surface area contributed by atoms with Crippen LogP contribution in [0.4, 0.5) is 5.69 Å². The largest absolute Gasteiger partial charge is 0.368 e. The van der Waals surface area contributed by atoms with Gasteiger partial charge in [0, 0.05) is 51.4 Å². The van der Waals surface area contributed by atoms with Crippen LogP contribution < -0.4 is 4.90 Å². The van der Waals surface area contributed by atoms with Crippen molar-refractivity contribution in [2.45, 2.75) is 39.2 Å². The van der Waals surface area contributed by atoms with E-state index in [9.17, 15) is 15.3 Å². The van der Waals surface area contributed by atoms with Crippen LogP contribution >= 0.6 is 0 Å². The maximum atomic E-state index is 13.6. The lowest BCUT2D eigenvalue weighted by atomic mass is 9.86. The number of amides is 1. The summed E-state index contributed by atoms with van der Waals surface area (Å²) in [5, 5.41) is 19.0. The van der Waals surface area contributed by atoms with Gasteiger partial charge in [-0.1, -0.05) is 36.4 Å². The van der Waals surface area contributed by atoms with Crippen molar-refractivity contribution in [1.82, 2.24) is 9.80 Å². The molecule has 3 aromatic carbocycles. The Bertz CT molecular complexity index is 1430. The Labute approximate surface area is 231 Å². The lowest BCUT2D eigenvalue weighted by Gasteiger charge is -2.37. The van der Waals surface area contributed by atoms with Crippen LogP contribution in [-0.4, -0.2) is 55.0 Å². The average molecular weight is 518 g/mol. The Balaban J connectivity index is 1.23. The van der Waals surface area contributed by atoms with E-state index in [1.165, 1.54) is 11.1 Å². The van der Waals surface area contributed by atoms with E-state index in [1.54, 1.807) is 0 Å². The van der Waals surface area contributed by atoms with Crippen molar-refractivity contribution in [2.75, 3.05) is 44.2 Å². The number of rotatable bonds is 5. The second-order valence-corrected chi connectivity index (χ2v) is 10.8. The number of piperidine rings is 1. The van der Waals surface area contributed by atoms with Gasteiger partial charge in [-0.15, -0.1) is 0 Å². The third kappa shape index (κ3) is 5.67. The number of likely N-dealkylation sites (tertiary alicyclic amines) is 1. The Morgan fingerprint density at radius 2 is 1.46 bits per heavy atom. The van der Waals surface area contributed by atoms with Gasteiger partial charge in [0.05, 0.1) is 22.9 Å². The summed E-state index contributed by atoms with van der Waals surface area (Å²) >= 11 is 0. The smallest absolute Gasteiger partial charge is 0.254 e. The number of benzene rings is 3. The predicted molar refractivity (Wildman–Crippen MR) is 154 cm³/mol. The highest BCUT2D eigenvalue weighted by Crippen LogP contribution is 2.31. The molecule has 2 aliphatic rings. The molecule has 0 N–H and O–H groups in total. The van der Waals surface area contributed by atoms with Crippen molar-refractivity contribution in [3.63, 3.8) is 0 Å². The van der Waals surface area contributed by atoms with Gasteiger partial charge in [-0.05, 0) is 79.1 Å². The van der Waals surface area contributed by atoms with E-state index in [1.807, 2.05) is 54.3 Å². The molecule has 2 saturated heterocycles. The Kier molecular flexibility index (Phi) is 7.96. The number of carbonyl (C=O) groups is 1. The Hall–Kier alpha value is -4.13. The third-order valence-corrected chi connectivity index (χ3v) is 8.35. The molecule has 0 aromatic heterocycles. The second kappa shape index (κ2) is 11.7. The summed E-state index contributed by atoms with van der Waals surface area (Å²) in [5.41, 5.74) is 7.83. The summed E-state index contributed by atoms with van der Waals surface area (Å²) in [6.07, 6.45) is 1.75. The number of para-hydroxylation sites is 1. The molecule has 0 atom stereocenters. The van der Waals surface area contributed by atoms with E-state index in [-0.39, 0.29) is 5.91 Å². The van der Waals surface area contributed by atoms with E-state index in [2.05, 4.69) is 47.1 Å². The van der Waals surface area contributed by atoms with Crippen molar-refractivity contribution < 1.29 is 4.79 Å². The molecule has 198 valence electrons. The number of aryl methyl sites for hydroxylation is 2. The van der Waals surface area contributed by atoms with Gasteiger partial charge < -0.3 is 9.80 Å². The normalized spacial score (nSPS) is 16.5. The van der Waals surface area contributed by atoms with Gasteiger partial charge in [0.15, 0.2) is 0 Å². The SMILES string of the molecule is Cc1cc(C)c(C(=O)N2CCC(c3ccccc3C#N)CC2)cc1CN1CCN(c2ccccc2C#N)CC1. The molecule has 0 bridgehead atoms. The van der Waals surface area contributed by atoms with Crippen molar-refractivity contribution in [1.29, 1.82) is 10.5 Å². The molecule has 0 spiro atoms. The molecule has 0 saturated carbocycles. The topological polar surface area (TPSA) is 74.4 Å². The molecular weight excluding hydrogens is 482 g/mol. The number of hydrogen-bond acceptors (Lipinski definition) is 5. The number of anilines is 1. The average Bonchev–Trinajstić information content (AvgIpc) is 2.98. The Morgan fingerprint density at radius 3 is 2.15 bits per heavy atom. The van der Waals surface area contributed by atoms with Gasteiger partial charge in [-0.3, -0.25) is 9.69 Å². The van der Waals surface area contributed by atoms with Crippen molar-refractivity contribution in [2.24, 2.45) is 0 Å². The fourth-order valence-corrected chi connectivity index (χ4v) is 6.05. The van der Waals surface area contributed by atoms with Crippen LogP contribution in [-0.2, 0) is 6.54 Å². The highest BCUT2D eigenvalue weighted by molar-refractivity contribution is 5.96. The van der Waals surface area contributed by atoms with Crippen LogP contribution in [0.5, 0.6) is 0 Å². The van der Waals surface area contributed by atoms with Gasteiger partial charge in [-0.2, -0.15) is 10.5 Å². The quantitative estimate of drug-likeness (QED) is 0.454. The van der Waals surface area contributed by atoms with Crippen molar-refractivity contribution >= 4 is 11.6 Å². The molecule has 6 heteroatoms. The van der Waals surface area contributed by atoms with Gasteiger partial charge in [0.2, 0.25) is 0 Å². The summed E-state index contributed by atoms with van der Waals surface area (Å²) in [5.74, 6) is 0.428. The van der Waals surface area contributed by atoms with E-state index in [0.717, 1.165) is 79.1 Å². The zero-order valence-corrected chi connectivity index (χ0v) is 22.9. The first-order valence-corrected chi connectivity index (χ1v) is 13.8. The summed E-state index contributed by atoms with van der Waals surface area (Å²) in [7, 11) is 0. The molecule has 0 unspecified atom stereocenters. The van der Waals surface area contributed by atoms with Gasteiger partial charge in [-0.25, -0.2) is 0 Å². The Morgan fingerprint density at radius 1 is 0.821 bits per heavy atom. The minimum Gasteiger partial charge on any atom is -0.368 e. The lowest BCUT2D eigenvalue weighted by molar-refractivity contribution is 0.0712. The van der Waals surface area contributed by atoms with Crippen LogP contribution in [0.25, 0.3) is 0 Å². The molecule has 2 aliphatic heterocycles. The van der Waals surface area contributed by atoms with Crippen LogP contribution in [0.3, 0.4) is 0 Å². The van der Waals surface area contributed by atoms with Crippen molar-refractivity contribution in [3.05, 3.63) is 99.6 Å². The molecule has 2 heterocycles. The zero-order chi connectivity index (χ0) is 27.4. The molecule has 1 amide bonds. The monoisotopic (exact) mass is 517 g/mol. The van der Waals surface area contributed by atoms with Gasteiger partial charge in [0.25, 0.3) is 5.91 Å². The van der Waals surface area contributed by atoms with Crippen LogP contribution in [0.15, 0.2) is 60.7 Å². The number of piperazine rings is 1. The summed E-state index contributed by atoms with van der Waals surface area (Å²) < 4.78 is 0. The standard InChI is InChI=1S/C33H35N5O/c1-24-19-25(2)31(33(39)38-13-11-26(12-14-38)30-9-5-3-7-27(30)21-34)20-29(24)23-36-15-17-37(18-16-36)32-10-6-4-8-28(32)22-35/h3-10,19-20,26H,11-18,23H2,1-2H3. The maximum absolute atomic E-state index is 13.6. The van der Waals surface area contributed by atoms with Gasteiger partial charge in [0.1, 0.15) is 6.07 Å².